The predicted octanol–water partition coefficient (Wildman–Crippen LogP) is 4.29. The minimum absolute atomic E-state index is 0.0150. The summed E-state index contributed by atoms with van der Waals surface area (Å²) in [6, 6.07) is 6.33. The Morgan fingerprint density at radius 3 is 2.42 bits per heavy atom. The van der Waals surface area contributed by atoms with Crippen LogP contribution in [-0.2, 0) is 11.0 Å². The van der Waals surface area contributed by atoms with E-state index in [4.69, 9.17) is 16.8 Å². The molecule has 0 aliphatic carbocycles. The zero-order valence-electron chi connectivity index (χ0n) is 16.8. The number of aryl methyl sites for hydroxylation is 1. The Labute approximate surface area is 190 Å². The first-order chi connectivity index (χ1) is 15.6. The van der Waals surface area contributed by atoms with Crippen molar-refractivity contribution in [2.24, 2.45) is 0 Å². The van der Waals surface area contributed by atoms with Crippen LogP contribution in [0.1, 0.15) is 27.3 Å². The highest BCUT2D eigenvalue weighted by molar-refractivity contribution is 6.33. The smallest absolute Gasteiger partial charge is 0.322 e. The quantitative estimate of drug-likeness (QED) is 0.287. The summed E-state index contributed by atoms with van der Waals surface area (Å²) in [6.45, 7) is 1.31. The molecule has 33 heavy (non-hydrogen) atoms. The molecular weight excluding hydrogens is 463 g/mol. The van der Waals surface area contributed by atoms with Crippen LogP contribution in [0.5, 0.6) is 0 Å². The number of halogens is 4. The zero-order chi connectivity index (χ0) is 24.2. The molecule has 170 valence electrons. The molecule has 0 bridgehead atoms. The number of pyridine rings is 1. The molecule has 0 saturated heterocycles. The molecule has 0 spiro atoms. The lowest BCUT2D eigenvalue weighted by molar-refractivity contribution is -0.141. The summed E-state index contributed by atoms with van der Waals surface area (Å²) < 4.78 is 38.4. The number of benzene rings is 1. The molecule has 3 aromatic rings. The molecule has 3 N–H and O–H groups in total. The Kier molecular flexibility index (Phi) is 7.04. The van der Waals surface area contributed by atoms with Gasteiger partial charge >= 0.3 is 6.18 Å². The van der Waals surface area contributed by atoms with E-state index in [-0.39, 0.29) is 17.1 Å². The van der Waals surface area contributed by atoms with Gasteiger partial charge in [0.05, 0.1) is 16.3 Å². The topological polar surface area (TPSA) is 117 Å². The van der Waals surface area contributed by atoms with Crippen molar-refractivity contribution in [3.63, 3.8) is 0 Å². The third kappa shape index (κ3) is 5.90. The monoisotopic (exact) mass is 477 g/mol. The van der Waals surface area contributed by atoms with Gasteiger partial charge in [-0.3, -0.25) is 14.8 Å². The van der Waals surface area contributed by atoms with Crippen molar-refractivity contribution < 1.29 is 28.0 Å². The molecule has 0 radical (unpaired) electrons. The Balaban J connectivity index is 1.81. The lowest BCUT2D eigenvalue weighted by Crippen LogP contribution is -2.16. The van der Waals surface area contributed by atoms with Crippen LogP contribution in [0.25, 0.3) is 17.5 Å². The third-order valence-corrected chi connectivity index (χ3v) is 4.62. The number of anilines is 1. The minimum Gasteiger partial charge on any atom is -0.322 e. The van der Waals surface area contributed by atoms with Crippen LogP contribution < -0.4 is 10.8 Å². The second kappa shape index (κ2) is 9.76. The molecule has 0 saturated carbocycles. The van der Waals surface area contributed by atoms with Crippen LogP contribution in [0.15, 0.2) is 48.8 Å². The van der Waals surface area contributed by atoms with E-state index in [1.807, 2.05) is 0 Å². The van der Waals surface area contributed by atoms with Crippen LogP contribution in [-0.4, -0.2) is 32.0 Å². The fourth-order valence-corrected chi connectivity index (χ4v) is 2.91. The molecule has 3 rings (SSSR count). The molecule has 0 atom stereocenters. The van der Waals surface area contributed by atoms with Crippen molar-refractivity contribution in [1.29, 1.82) is 0 Å². The number of hydrogen-bond donors (Lipinski definition) is 3. The van der Waals surface area contributed by atoms with Gasteiger partial charge in [0.25, 0.3) is 11.8 Å². The fourth-order valence-electron chi connectivity index (χ4n) is 2.70. The van der Waals surface area contributed by atoms with Gasteiger partial charge in [-0.25, -0.2) is 20.4 Å². The maximum absolute atomic E-state index is 12.8. The van der Waals surface area contributed by atoms with E-state index in [0.717, 1.165) is 18.2 Å². The molecule has 8 nitrogen and oxygen atoms in total. The summed E-state index contributed by atoms with van der Waals surface area (Å²) in [5.41, 5.74) is 1.46. The van der Waals surface area contributed by atoms with Crippen LogP contribution in [0.4, 0.5) is 18.9 Å². The highest BCUT2D eigenvalue weighted by atomic mass is 35.5. The van der Waals surface area contributed by atoms with Crippen molar-refractivity contribution >= 4 is 35.2 Å². The first-order valence-electron chi connectivity index (χ1n) is 9.19. The van der Waals surface area contributed by atoms with Gasteiger partial charge in [-0.05, 0) is 43.3 Å². The van der Waals surface area contributed by atoms with Crippen molar-refractivity contribution in [3.8, 4) is 11.4 Å². The molecule has 0 aliphatic heterocycles. The number of nitrogens with one attached hydrogen (secondary N) is 2. The van der Waals surface area contributed by atoms with Gasteiger partial charge in [0.1, 0.15) is 5.69 Å². The van der Waals surface area contributed by atoms with Gasteiger partial charge in [0.15, 0.2) is 5.82 Å². The summed E-state index contributed by atoms with van der Waals surface area (Å²) in [6.07, 6.45) is 0.694. The molecule has 2 heterocycles. The van der Waals surface area contributed by atoms with E-state index in [1.165, 1.54) is 49.1 Å². The van der Waals surface area contributed by atoms with E-state index in [2.05, 4.69) is 20.3 Å². The lowest BCUT2D eigenvalue weighted by Gasteiger charge is -2.12. The molecular formula is C21H15ClF3N5O3. The predicted molar refractivity (Wildman–Crippen MR) is 113 cm³/mol. The largest absolute Gasteiger partial charge is 0.433 e. The van der Waals surface area contributed by atoms with E-state index in [9.17, 15) is 22.8 Å². The number of amides is 2. The number of carbonyl (C=O) groups is 2. The Bertz CT molecular complexity index is 1230. The summed E-state index contributed by atoms with van der Waals surface area (Å²) in [5.74, 6) is -1.14. The Morgan fingerprint density at radius 1 is 1.12 bits per heavy atom. The highest BCUT2D eigenvalue weighted by Gasteiger charge is 2.33. The molecule has 1 aromatic carbocycles. The molecule has 2 amide bonds. The number of hydrogen-bond acceptors (Lipinski definition) is 6. The first kappa shape index (κ1) is 23.8. The van der Waals surface area contributed by atoms with Gasteiger partial charge in [-0.1, -0.05) is 11.6 Å². The number of nitrogens with zero attached hydrogens (tertiary/aromatic N) is 3. The molecule has 0 aliphatic rings. The van der Waals surface area contributed by atoms with Gasteiger partial charge in [-0.15, -0.1) is 0 Å². The summed E-state index contributed by atoms with van der Waals surface area (Å²) in [4.78, 5) is 35.4. The fraction of sp³-hybridized carbons (Fsp3) is 0.0952. The van der Waals surface area contributed by atoms with E-state index >= 15 is 0 Å². The molecule has 0 fully saturated rings. The van der Waals surface area contributed by atoms with Crippen LogP contribution in [0.2, 0.25) is 5.02 Å². The van der Waals surface area contributed by atoms with Crippen LogP contribution >= 0.6 is 11.6 Å². The molecule has 12 heteroatoms. The third-order valence-electron chi connectivity index (χ3n) is 4.30. The first-order valence-corrected chi connectivity index (χ1v) is 9.56. The summed E-state index contributed by atoms with van der Waals surface area (Å²) in [7, 11) is 0. The summed E-state index contributed by atoms with van der Waals surface area (Å²) in [5, 5.41) is 11.4. The Hall–Kier alpha value is -3.83. The average Bonchev–Trinajstić information content (AvgIpc) is 2.78. The molecule has 2 aromatic heterocycles. The number of hydroxylamine groups is 1. The number of carbonyl (C=O) groups excluding carboxylic acids is 2. The van der Waals surface area contributed by atoms with Crippen LogP contribution in [0, 0.1) is 6.92 Å². The van der Waals surface area contributed by atoms with Crippen molar-refractivity contribution in [2.45, 2.75) is 13.1 Å². The standard InChI is InChI=1S/C21H15ClF3N5O3/c1-11-14(4-6-17(28-11)21(23,24)25)20(32)29-13-3-5-16(22)15(8-13)19-26-9-12(10-27-19)2-7-18(31)30-33/h2-10,33H,1H3,(H,29,32)(H,30,31). The van der Waals surface area contributed by atoms with Crippen molar-refractivity contribution in [1.82, 2.24) is 20.4 Å². The second-order valence-electron chi connectivity index (χ2n) is 6.63. The second-order valence-corrected chi connectivity index (χ2v) is 7.03. The van der Waals surface area contributed by atoms with Crippen LogP contribution in [0.3, 0.4) is 0 Å². The number of alkyl halides is 3. The van der Waals surface area contributed by atoms with Gasteiger partial charge in [0, 0.05) is 35.3 Å². The maximum Gasteiger partial charge on any atom is 0.433 e. The summed E-state index contributed by atoms with van der Waals surface area (Å²) >= 11 is 6.23. The van der Waals surface area contributed by atoms with E-state index in [0.29, 0.717) is 21.8 Å². The lowest BCUT2D eigenvalue weighted by atomic mass is 10.1. The van der Waals surface area contributed by atoms with Gasteiger partial charge in [-0.2, -0.15) is 13.2 Å². The normalized spacial score (nSPS) is 11.5. The van der Waals surface area contributed by atoms with Gasteiger partial charge < -0.3 is 5.32 Å². The Morgan fingerprint density at radius 2 is 1.82 bits per heavy atom. The number of rotatable bonds is 5. The SMILES string of the molecule is Cc1nc(C(F)(F)F)ccc1C(=O)Nc1ccc(Cl)c(-c2ncc(C=CC(=O)NO)cn2)c1. The van der Waals surface area contributed by atoms with Gasteiger partial charge in [0.2, 0.25) is 0 Å². The minimum atomic E-state index is -4.61. The van der Waals surface area contributed by atoms with E-state index < -0.39 is 23.7 Å². The maximum atomic E-state index is 12.8. The number of aromatic nitrogens is 3. The van der Waals surface area contributed by atoms with E-state index in [1.54, 1.807) is 0 Å². The van der Waals surface area contributed by atoms with Crippen molar-refractivity contribution in [2.75, 3.05) is 5.32 Å². The van der Waals surface area contributed by atoms with Crippen molar-refractivity contribution in [3.05, 3.63) is 76.3 Å². The zero-order valence-corrected chi connectivity index (χ0v) is 17.6. The molecule has 0 unspecified atom stereocenters. The average molecular weight is 478 g/mol. The highest BCUT2D eigenvalue weighted by Crippen LogP contribution is 2.30.